The lowest BCUT2D eigenvalue weighted by atomic mass is 10.2. The molecule has 0 bridgehead atoms. The van der Waals surface area contributed by atoms with Crippen molar-refractivity contribution in [2.75, 3.05) is 6.54 Å². The first-order chi connectivity index (χ1) is 8.62. The number of aliphatic hydroxyl groups excluding tert-OH is 1. The number of hydrogen-bond donors (Lipinski definition) is 2. The third kappa shape index (κ3) is 3.80. The van der Waals surface area contributed by atoms with E-state index >= 15 is 0 Å². The van der Waals surface area contributed by atoms with Crippen LogP contribution in [0.5, 0.6) is 0 Å². The Morgan fingerprint density at radius 2 is 1.89 bits per heavy atom. The summed E-state index contributed by atoms with van der Waals surface area (Å²) in [5.41, 5.74) is 0.711. The number of aliphatic hydroxyl groups is 1. The summed E-state index contributed by atoms with van der Waals surface area (Å²) in [5.74, 6) is 0.832. The Morgan fingerprint density at radius 3 is 2.44 bits per heavy atom. The molecule has 0 radical (unpaired) electrons. The topological polar surface area (TPSA) is 66.4 Å². The van der Waals surface area contributed by atoms with E-state index in [1.165, 1.54) is 25.0 Å². The zero-order chi connectivity index (χ0) is 13.0. The second kappa shape index (κ2) is 5.82. The fourth-order valence-electron chi connectivity index (χ4n) is 1.86. The molecule has 0 amide bonds. The second-order valence-electron chi connectivity index (χ2n) is 4.79. The molecule has 1 aliphatic rings. The van der Waals surface area contributed by atoms with Crippen molar-refractivity contribution in [3.63, 3.8) is 0 Å². The van der Waals surface area contributed by atoms with Gasteiger partial charge in [-0.3, -0.25) is 0 Å². The van der Waals surface area contributed by atoms with Crippen LogP contribution in [0.1, 0.15) is 31.2 Å². The molecule has 0 saturated heterocycles. The zero-order valence-electron chi connectivity index (χ0n) is 10.3. The molecule has 18 heavy (non-hydrogen) atoms. The highest BCUT2D eigenvalue weighted by molar-refractivity contribution is 7.89. The van der Waals surface area contributed by atoms with Gasteiger partial charge in [0.2, 0.25) is 10.0 Å². The quantitative estimate of drug-likeness (QED) is 0.740. The lowest BCUT2D eigenvalue weighted by molar-refractivity contribution is 0.282. The predicted octanol–water partition coefficient (Wildman–Crippen LogP) is 1.65. The van der Waals surface area contributed by atoms with Crippen molar-refractivity contribution >= 4 is 10.0 Å². The summed E-state index contributed by atoms with van der Waals surface area (Å²) in [7, 11) is -3.39. The van der Waals surface area contributed by atoms with Gasteiger partial charge in [-0.25, -0.2) is 13.1 Å². The Kier molecular flexibility index (Phi) is 4.37. The highest BCUT2D eigenvalue weighted by atomic mass is 32.2. The van der Waals surface area contributed by atoms with E-state index in [9.17, 15) is 8.42 Å². The number of benzene rings is 1. The summed E-state index contributed by atoms with van der Waals surface area (Å²) in [6, 6.07) is 6.29. The van der Waals surface area contributed by atoms with Crippen molar-refractivity contribution < 1.29 is 13.5 Å². The average molecular weight is 269 g/mol. The van der Waals surface area contributed by atoms with Gasteiger partial charge in [0.1, 0.15) is 0 Å². The predicted molar refractivity (Wildman–Crippen MR) is 69.5 cm³/mol. The van der Waals surface area contributed by atoms with Crippen LogP contribution in [-0.4, -0.2) is 20.1 Å². The molecule has 0 spiro atoms. The van der Waals surface area contributed by atoms with Gasteiger partial charge in [0.25, 0.3) is 0 Å². The molecule has 0 aromatic heterocycles. The van der Waals surface area contributed by atoms with E-state index in [0.717, 1.165) is 18.8 Å². The smallest absolute Gasteiger partial charge is 0.240 e. The van der Waals surface area contributed by atoms with Crippen molar-refractivity contribution in [1.29, 1.82) is 0 Å². The van der Waals surface area contributed by atoms with Crippen molar-refractivity contribution in [2.24, 2.45) is 5.92 Å². The Balaban J connectivity index is 1.87. The van der Waals surface area contributed by atoms with Crippen molar-refractivity contribution in [3.05, 3.63) is 29.8 Å². The van der Waals surface area contributed by atoms with Crippen LogP contribution in [0.3, 0.4) is 0 Å². The minimum absolute atomic E-state index is 0.0743. The summed E-state index contributed by atoms with van der Waals surface area (Å²) >= 11 is 0. The standard InChI is InChI=1S/C13H19NO3S/c15-10-12-5-7-13(8-6-12)18(16,17)14-9-1-2-11-3-4-11/h5-8,11,14-15H,1-4,9-10H2. The van der Waals surface area contributed by atoms with Crippen LogP contribution in [0.4, 0.5) is 0 Å². The number of sulfonamides is 1. The number of hydrogen-bond acceptors (Lipinski definition) is 3. The van der Waals surface area contributed by atoms with Crippen LogP contribution in [0, 0.1) is 5.92 Å². The number of nitrogens with one attached hydrogen (secondary N) is 1. The van der Waals surface area contributed by atoms with Gasteiger partial charge in [0.05, 0.1) is 11.5 Å². The Hall–Kier alpha value is -0.910. The normalized spacial score (nSPS) is 15.8. The molecule has 0 unspecified atom stereocenters. The SMILES string of the molecule is O=S(=O)(NCCCC1CC1)c1ccc(CO)cc1. The summed E-state index contributed by atoms with van der Waals surface area (Å²) in [6.45, 7) is 0.426. The molecule has 1 aromatic carbocycles. The largest absolute Gasteiger partial charge is 0.392 e. The molecule has 1 fully saturated rings. The van der Waals surface area contributed by atoms with E-state index in [4.69, 9.17) is 5.11 Å². The van der Waals surface area contributed by atoms with Crippen LogP contribution in [0.2, 0.25) is 0 Å². The lowest BCUT2D eigenvalue weighted by Gasteiger charge is -2.07. The Morgan fingerprint density at radius 1 is 1.22 bits per heavy atom. The van der Waals surface area contributed by atoms with Crippen LogP contribution in [-0.2, 0) is 16.6 Å². The van der Waals surface area contributed by atoms with Gasteiger partial charge >= 0.3 is 0 Å². The van der Waals surface area contributed by atoms with Crippen molar-refractivity contribution in [2.45, 2.75) is 37.2 Å². The van der Waals surface area contributed by atoms with Gasteiger partial charge in [-0.05, 0) is 36.5 Å². The molecule has 0 aliphatic heterocycles. The molecule has 2 rings (SSSR count). The first kappa shape index (κ1) is 13.5. The summed E-state index contributed by atoms with van der Waals surface area (Å²) < 4.78 is 26.4. The molecule has 1 saturated carbocycles. The minimum atomic E-state index is -3.39. The molecule has 4 nitrogen and oxygen atoms in total. The Labute approximate surface area is 108 Å². The highest BCUT2D eigenvalue weighted by Gasteiger charge is 2.20. The van der Waals surface area contributed by atoms with E-state index in [1.54, 1.807) is 12.1 Å². The average Bonchev–Trinajstić information content (AvgIpc) is 3.19. The fraction of sp³-hybridized carbons (Fsp3) is 0.538. The molecule has 0 atom stereocenters. The maximum atomic E-state index is 11.9. The van der Waals surface area contributed by atoms with Gasteiger partial charge in [0.15, 0.2) is 0 Å². The monoisotopic (exact) mass is 269 g/mol. The molecule has 2 N–H and O–H groups in total. The number of rotatable bonds is 7. The van der Waals surface area contributed by atoms with Crippen LogP contribution >= 0.6 is 0 Å². The van der Waals surface area contributed by atoms with Gasteiger partial charge < -0.3 is 5.11 Å². The van der Waals surface area contributed by atoms with Gasteiger partial charge in [-0.15, -0.1) is 0 Å². The third-order valence-corrected chi connectivity index (χ3v) is 4.67. The third-order valence-electron chi connectivity index (χ3n) is 3.19. The van der Waals surface area contributed by atoms with Gasteiger partial charge in [0, 0.05) is 6.54 Å². The van der Waals surface area contributed by atoms with E-state index in [-0.39, 0.29) is 11.5 Å². The zero-order valence-corrected chi connectivity index (χ0v) is 11.1. The molecular formula is C13H19NO3S. The summed E-state index contributed by atoms with van der Waals surface area (Å²) in [6.07, 6.45) is 4.62. The molecule has 1 aromatic rings. The van der Waals surface area contributed by atoms with Crippen molar-refractivity contribution in [1.82, 2.24) is 4.72 Å². The molecular weight excluding hydrogens is 250 g/mol. The van der Waals surface area contributed by atoms with E-state index in [0.29, 0.717) is 12.1 Å². The van der Waals surface area contributed by atoms with Gasteiger partial charge in [-0.2, -0.15) is 0 Å². The van der Waals surface area contributed by atoms with Crippen LogP contribution in [0.25, 0.3) is 0 Å². The Bertz CT molecular complexity index is 477. The molecule has 0 heterocycles. The summed E-state index contributed by atoms with van der Waals surface area (Å²) in [5, 5.41) is 8.90. The summed E-state index contributed by atoms with van der Waals surface area (Å²) in [4.78, 5) is 0.256. The maximum Gasteiger partial charge on any atom is 0.240 e. The first-order valence-corrected chi connectivity index (χ1v) is 7.79. The van der Waals surface area contributed by atoms with Gasteiger partial charge in [-0.1, -0.05) is 25.0 Å². The molecule has 100 valence electrons. The van der Waals surface area contributed by atoms with Crippen LogP contribution in [0.15, 0.2) is 29.2 Å². The minimum Gasteiger partial charge on any atom is -0.392 e. The molecule has 5 heteroatoms. The lowest BCUT2D eigenvalue weighted by Crippen LogP contribution is -2.24. The van der Waals surface area contributed by atoms with E-state index in [1.807, 2.05) is 0 Å². The van der Waals surface area contributed by atoms with Crippen LogP contribution < -0.4 is 4.72 Å². The first-order valence-electron chi connectivity index (χ1n) is 6.31. The van der Waals surface area contributed by atoms with Crippen molar-refractivity contribution in [3.8, 4) is 0 Å². The maximum absolute atomic E-state index is 11.9. The fourth-order valence-corrected chi connectivity index (χ4v) is 2.94. The second-order valence-corrected chi connectivity index (χ2v) is 6.55. The van der Waals surface area contributed by atoms with E-state index < -0.39 is 10.0 Å². The molecule has 1 aliphatic carbocycles. The van der Waals surface area contributed by atoms with E-state index in [2.05, 4.69) is 4.72 Å². The highest BCUT2D eigenvalue weighted by Crippen LogP contribution is 2.33.